The first-order valence-corrected chi connectivity index (χ1v) is 11.1. The number of benzene rings is 1. The van der Waals surface area contributed by atoms with Crippen molar-refractivity contribution in [2.75, 3.05) is 39.3 Å². The highest BCUT2D eigenvalue weighted by molar-refractivity contribution is 5.95. The number of halogens is 1. The van der Waals surface area contributed by atoms with Gasteiger partial charge in [-0.15, -0.1) is 0 Å². The molecule has 0 atom stereocenters. The molecule has 0 aromatic heterocycles. The minimum atomic E-state index is -0.485. The second-order valence-electron chi connectivity index (χ2n) is 8.14. The summed E-state index contributed by atoms with van der Waals surface area (Å²) in [6.07, 6.45) is 6.29. The van der Waals surface area contributed by atoms with Gasteiger partial charge in [0.25, 0.3) is 0 Å². The molecule has 2 heterocycles. The van der Waals surface area contributed by atoms with E-state index in [2.05, 4.69) is 9.80 Å². The van der Waals surface area contributed by atoms with Crippen molar-refractivity contribution >= 4 is 11.7 Å². The van der Waals surface area contributed by atoms with Gasteiger partial charge in [-0.1, -0.05) is 6.42 Å². The number of Topliss-reactive ketones (excluding diaryl/α,β-unsaturated/α-hetero) is 1. The molecule has 3 rings (SSSR count). The smallest absolute Gasteiger partial charge is 0.238 e. The van der Waals surface area contributed by atoms with Crippen molar-refractivity contribution in [1.29, 1.82) is 0 Å². The zero-order chi connectivity index (χ0) is 22.0. The third-order valence-electron chi connectivity index (χ3n) is 6.15. The number of ketones is 1. The summed E-state index contributed by atoms with van der Waals surface area (Å²) in [5.74, 6) is -0.464. The second-order valence-corrected chi connectivity index (χ2v) is 8.14. The lowest BCUT2D eigenvalue weighted by Crippen LogP contribution is -2.63. The Kier molecular flexibility index (Phi) is 9.88. The first-order chi connectivity index (χ1) is 14.4. The van der Waals surface area contributed by atoms with E-state index < -0.39 is 5.54 Å². The lowest BCUT2D eigenvalue weighted by Gasteiger charge is -2.48. The van der Waals surface area contributed by atoms with Gasteiger partial charge in [-0.3, -0.25) is 14.5 Å². The highest BCUT2D eigenvalue weighted by atomic mass is 19.1. The molecule has 30 heavy (non-hydrogen) atoms. The van der Waals surface area contributed by atoms with Gasteiger partial charge in [0.1, 0.15) is 11.4 Å². The molecule has 2 aliphatic rings. The van der Waals surface area contributed by atoms with Gasteiger partial charge < -0.3 is 15.7 Å². The number of carbonyl (C=O) groups excluding carboxylic acids is 2. The summed E-state index contributed by atoms with van der Waals surface area (Å²) >= 11 is 0. The lowest BCUT2D eigenvalue weighted by molar-refractivity contribution is -0.134. The number of aliphatic hydroxyl groups excluding tert-OH is 1. The number of hydrogen-bond donors (Lipinski definition) is 2. The molecule has 3 N–H and O–H groups in total. The van der Waals surface area contributed by atoms with Crippen LogP contribution >= 0.6 is 0 Å². The van der Waals surface area contributed by atoms with Crippen LogP contribution in [0.3, 0.4) is 0 Å². The molecule has 0 aliphatic carbocycles. The Hall–Kier alpha value is -1.83. The van der Waals surface area contributed by atoms with E-state index in [4.69, 9.17) is 10.8 Å². The average Bonchev–Trinajstić information content (AvgIpc) is 2.76. The molecule has 7 heteroatoms. The van der Waals surface area contributed by atoms with E-state index in [-0.39, 0.29) is 24.1 Å². The number of rotatable bonds is 7. The van der Waals surface area contributed by atoms with Crippen LogP contribution in [0.5, 0.6) is 0 Å². The molecule has 2 aliphatic heterocycles. The molecule has 1 amide bonds. The Bertz CT molecular complexity index is 667. The quantitative estimate of drug-likeness (QED) is 0.661. The van der Waals surface area contributed by atoms with Gasteiger partial charge in [-0.2, -0.15) is 0 Å². The van der Waals surface area contributed by atoms with Crippen LogP contribution in [-0.2, 0) is 4.79 Å². The summed E-state index contributed by atoms with van der Waals surface area (Å²) in [6, 6.07) is 5.72. The van der Waals surface area contributed by atoms with Crippen molar-refractivity contribution in [3.63, 3.8) is 0 Å². The van der Waals surface area contributed by atoms with Gasteiger partial charge in [-0.05, 0) is 82.9 Å². The van der Waals surface area contributed by atoms with Crippen molar-refractivity contribution in [2.45, 2.75) is 57.4 Å². The maximum Gasteiger partial charge on any atom is 0.238 e. The molecule has 6 nitrogen and oxygen atoms in total. The zero-order valence-corrected chi connectivity index (χ0v) is 18.1. The molecule has 0 unspecified atom stereocenters. The normalized spacial score (nSPS) is 19.6. The van der Waals surface area contributed by atoms with Gasteiger partial charge in [-0.25, -0.2) is 4.39 Å². The highest BCUT2D eigenvalue weighted by Gasteiger charge is 2.44. The molecular weight excluding hydrogens is 385 g/mol. The van der Waals surface area contributed by atoms with E-state index in [0.29, 0.717) is 12.0 Å². The third-order valence-corrected chi connectivity index (χ3v) is 6.15. The number of primary amides is 1. The van der Waals surface area contributed by atoms with Crippen LogP contribution in [0.15, 0.2) is 24.3 Å². The van der Waals surface area contributed by atoms with Gasteiger partial charge in [0.2, 0.25) is 5.91 Å². The van der Waals surface area contributed by atoms with Crippen molar-refractivity contribution < 1.29 is 19.1 Å². The maximum absolute atomic E-state index is 12.9. The van der Waals surface area contributed by atoms with Crippen LogP contribution in [0, 0.1) is 5.82 Å². The topological polar surface area (TPSA) is 86.9 Å². The fourth-order valence-corrected chi connectivity index (χ4v) is 4.43. The molecule has 168 valence electrons. The van der Waals surface area contributed by atoms with Crippen LogP contribution in [-0.4, -0.2) is 71.5 Å². The minimum absolute atomic E-state index is 0.0480. The molecular formula is C23H36FN3O3. The van der Waals surface area contributed by atoms with Gasteiger partial charge in [0.15, 0.2) is 5.78 Å². The standard InChI is InChI=1S/C21H30FN3O2.C2H6O/c22-18-8-6-17(7-9-18)19(26)5-4-12-24-15-10-21(11-16-24,20(23)27)25-13-2-1-3-14-25;1-2-3/h6-9H,1-5,10-16H2,(H2,23,27);3H,2H2,1H3. The first kappa shape index (κ1) is 24.4. The number of amides is 1. The highest BCUT2D eigenvalue weighted by Crippen LogP contribution is 2.31. The SMILES string of the molecule is CCO.NC(=O)C1(N2CCCCC2)CCN(CCCC(=O)c2ccc(F)cc2)CC1. The predicted molar refractivity (Wildman–Crippen MR) is 116 cm³/mol. The van der Waals surface area contributed by atoms with Crippen LogP contribution in [0.1, 0.15) is 62.2 Å². The fourth-order valence-electron chi connectivity index (χ4n) is 4.43. The Labute approximate surface area is 179 Å². The number of nitrogens with two attached hydrogens (primary N) is 1. The van der Waals surface area contributed by atoms with Gasteiger partial charge in [0, 0.05) is 31.7 Å². The van der Waals surface area contributed by atoms with E-state index in [1.165, 1.54) is 18.6 Å². The van der Waals surface area contributed by atoms with E-state index >= 15 is 0 Å². The molecule has 1 aromatic carbocycles. The number of aliphatic hydroxyl groups is 1. The Morgan fingerprint density at radius 1 is 1.07 bits per heavy atom. The lowest BCUT2D eigenvalue weighted by atomic mass is 9.83. The molecule has 0 saturated carbocycles. The molecule has 2 saturated heterocycles. The van der Waals surface area contributed by atoms with Crippen LogP contribution in [0.2, 0.25) is 0 Å². The van der Waals surface area contributed by atoms with E-state index in [1.807, 2.05) is 0 Å². The molecule has 2 fully saturated rings. The Balaban J connectivity index is 0.00000101. The number of piperidine rings is 2. The molecule has 0 spiro atoms. The first-order valence-electron chi connectivity index (χ1n) is 11.1. The summed E-state index contributed by atoms with van der Waals surface area (Å²) in [4.78, 5) is 29.1. The maximum atomic E-state index is 12.9. The van der Waals surface area contributed by atoms with Crippen molar-refractivity contribution in [2.24, 2.45) is 5.73 Å². The zero-order valence-electron chi connectivity index (χ0n) is 18.1. The molecule has 0 bridgehead atoms. The third kappa shape index (κ3) is 6.59. The van der Waals surface area contributed by atoms with E-state index in [0.717, 1.165) is 64.8 Å². The molecule has 0 radical (unpaired) electrons. The van der Waals surface area contributed by atoms with Gasteiger partial charge in [0.05, 0.1) is 0 Å². The van der Waals surface area contributed by atoms with Crippen LogP contribution < -0.4 is 5.73 Å². The summed E-state index contributed by atoms with van der Waals surface area (Å²) in [7, 11) is 0. The number of nitrogens with zero attached hydrogens (tertiary/aromatic N) is 2. The minimum Gasteiger partial charge on any atom is -0.397 e. The summed E-state index contributed by atoms with van der Waals surface area (Å²) in [5, 5.41) is 7.57. The Morgan fingerprint density at radius 3 is 2.17 bits per heavy atom. The van der Waals surface area contributed by atoms with E-state index in [1.54, 1.807) is 19.1 Å². The summed E-state index contributed by atoms with van der Waals surface area (Å²) < 4.78 is 12.9. The van der Waals surface area contributed by atoms with E-state index in [9.17, 15) is 14.0 Å². The van der Waals surface area contributed by atoms with Crippen LogP contribution in [0.25, 0.3) is 0 Å². The number of hydrogen-bond acceptors (Lipinski definition) is 5. The summed E-state index contributed by atoms with van der Waals surface area (Å²) in [5.41, 5.74) is 5.90. The average molecular weight is 422 g/mol. The predicted octanol–water partition coefficient (Wildman–Crippen LogP) is 2.59. The second kappa shape index (κ2) is 12.1. The monoisotopic (exact) mass is 421 g/mol. The van der Waals surface area contributed by atoms with Crippen LogP contribution in [0.4, 0.5) is 4.39 Å². The Morgan fingerprint density at radius 2 is 1.63 bits per heavy atom. The van der Waals surface area contributed by atoms with Crippen molar-refractivity contribution in [1.82, 2.24) is 9.80 Å². The number of likely N-dealkylation sites (tertiary alicyclic amines) is 2. The van der Waals surface area contributed by atoms with Crippen molar-refractivity contribution in [3.8, 4) is 0 Å². The largest absolute Gasteiger partial charge is 0.397 e. The van der Waals surface area contributed by atoms with Gasteiger partial charge >= 0.3 is 0 Å². The number of carbonyl (C=O) groups is 2. The van der Waals surface area contributed by atoms with Crippen molar-refractivity contribution in [3.05, 3.63) is 35.6 Å². The fraction of sp³-hybridized carbons (Fsp3) is 0.652. The summed E-state index contributed by atoms with van der Waals surface area (Å²) in [6.45, 7) is 6.38. The molecule has 1 aromatic rings.